The number of nitrogens with zero attached hydrogens (tertiary/aromatic N) is 1. The first-order valence-electron chi connectivity index (χ1n) is 11.7. The first-order chi connectivity index (χ1) is 16.3. The number of anilines is 1. The van der Waals surface area contributed by atoms with Crippen LogP contribution in [0, 0.1) is 11.6 Å². The second-order valence-corrected chi connectivity index (χ2v) is 10.5. The van der Waals surface area contributed by atoms with Crippen LogP contribution in [0.4, 0.5) is 23.2 Å². The molecule has 3 heterocycles. The maximum absolute atomic E-state index is 14.7. The normalized spacial score (nSPS) is 27.1. The summed E-state index contributed by atoms with van der Waals surface area (Å²) in [6, 6.07) is 9.21. The molecule has 186 valence electrons. The van der Waals surface area contributed by atoms with Crippen molar-refractivity contribution in [3.05, 3.63) is 59.2 Å². The van der Waals surface area contributed by atoms with Crippen LogP contribution in [-0.2, 0) is 19.6 Å². The number of nitrogens with one attached hydrogen (secondary N) is 1. The van der Waals surface area contributed by atoms with E-state index >= 15 is 0 Å². The van der Waals surface area contributed by atoms with Gasteiger partial charge in [-0.3, -0.25) is 9.69 Å². The van der Waals surface area contributed by atoms with Crippen molar-refractivity contribution in [2.75, 3.05) is 18.4 Å². The molecule has 1 amide bonds. The Bertz CT molecular complexity index is 1160. The first-order valence-corrected chi connectivity index (χ1v) is 11.7. The summed E-state index contributed by atoms with van der Waals surface area (Å²) in [5, 5.41) is 2.47. The average Bonchev–Trinajstić information content (AvgIpc) is 3.20. The highest BCUT2D eigenvalue weighted by atomic mass is 19.3. The van der Waals surface area contributed by atoms with Gasteiger partial charge in [0.1, 0.15) is 0 Å². The maximum Gasteiger partial charge on any atom is 0.494 e. The van der Waals surface area contributed by atoms with E-state index in [-0.39, 0.29) is 24.3 Å². The third kappa shape index (κ3) is 3.60. The Morgan fingerprint density at radius 1 is 0.914 bits per heavy atom. The van der Waals surface area contributed by atoms with E-state index < -0.39 is 60.2 Å². The van der Waals surface area contributed by atoms with Gasteiger partial charge in [-0.1, -0.05) is 30.3 Å². The molecule has 0 aliphatic carbocycles. The Hall–Kier alpha value is -2.43. The van der Waals surface area contributed by atoms with E-state index in [4.69, 9.17) is 9.31 Å². The lowest BCUT2D eigenvalue weighted by Crippen LogP contribution is -2.56. The average molecular weight is 490 g/mol. The van der Waals surface area contributed by atoms with E-state index in [9.17, 15) is 22.4 Å². The number of rotatable bonds is 3. The van der Waals surface area contributed by atoms with Gasteiger partial charge in [0.15, 0.2) is 17.2 Å². The number of likely N-dealkylation sites (tertiary alicyclic amines) is 1. The third-order valence-electron chi connectivity index (χ3n) is 7.87. The number of carbonyl (C=O) groups is 1. The van der Waals surface area contributed by atoms with Crippen LogP contribution in [0.1, 0.15) is 51.7 Å². The van der Waals surface area contributed by atoms with Crippen molar-refractivity contribution >= 4 is 24.2 Å². The van der Waals surface area contributed by atoms with E-state index in [1.165, 1.54) is 6.07 Å². The highest BCUT2D eigenvalue weighted by Crippen LogP contribution is 2.48. The van der Waals surface area contributed by atoms with E-state index in [2.05, 4.69) is 5.32 Å². The standard InChI is InChI=1S/C25H27BF4N2O3/c1-22(2)23(3,4)35-26(34-22)16-7-5-15(6-8-16)25(32-13-11-24(29,30)12-14-32)17-9-10-18(27)19(28)20(17)31-21(25)33/h5-10H,11-14H2,1-4H3,(H,31,33). The number of amides is 1. The minimum Gasteiger partial charge on any atom is -0.399 e. The van der Waals surface area contributed by atoms with Gasteiger partial charge in [-0.15, -0.1) is 0 Å². The number of fused-ring (bicyclic) bond motifs is 1. The first kappa shape index (κ1) is 24.3. The van der Waals surface area contributed by atoms with Gasteiger partial charge in [0.2, 0.25) is 0 Å². The van der Waals surface area contributed by atoms with Gasteiger partial charge >= 0.3 is 7.12 Å². The molecule has 0 bridgehead atoms. The summed E-state index contributed by atoms with van der Waals surface area (Å²) in [7, 11) is -0.630. The van der Waals surface area contributed by atoms with Crippen LogP contribution in [0.3, 0.4) is 0 Å². The van der Waals surface area contributed by atoms with E-state index in [1.54, 1.807) is 29.2 Å². The van der Waals surface area contributed by atoms with Gasteiger partial charge in [-0.2, -0.15) is 0 Å². The maximum atomic E-state index is 14.7. The predicted molar refractivity (Wildman–Crippen MR) is 124 cm³/mol. The Kier molecular flexibility index (Phi) is 5.40. The van der Waals surface area contributed by atoms with Gasteiger partial charge in [0.25, 0.3) is 11.8 Å². The van der Waals surface area contributed by atoms with Crippen molar-refractivity contribution in [1.82, 2.24) is 4.90 Å². The van der Waals surface area contributed by atoms with E-state index in [1.807, 2.05) is 27.7 Å². The van der Waals surface area contributed by atoms with Gasteiger partial charge in [0, 0.05) is 31.5 Å². The molecule has 0 saturated carbocycles. The lowest BCUT2D eigenvalue weighted by atomic mass is 9.75. The summed E-state index contributed by atoms with van der Waals surface area (Å²) in [6.07, 6.45) is -0.875. The highest BCUT2D eigenvalue weighted by molar-refractivity contribution is 6.62. The predicted octanol–water partition coefficient (Wildman–Crippen LogP) is 4.19. The molecule has 1 N–H and O–H groups in total. The number of piperidine rings is 1. The molecular weight excluding hydrogens is 463 g/mol. The molecule has 2 fully saturated rings. The van der Waals surface area contributed by atoms with Gasteiger partial charge in [-0.25, -0.2) is 17.6 Å². The van der Waals surface area contributed by atoms with Crippen LogP contribution in [0.5, 0.6) is 0 Å². The molecule has 3 aliphatic heterocycles. The molecule has 3 aliphatic rings. The van der Waals surface area contributed by atoms with Gasteiger partial charge in [0.05, 0.1) is 16.9 Å². The monoisotopic (exact) mass is 490 g/mol. The number of hydrogen-bond acceptors (Lipinski definition) is 4. The van der Waals surface area contributed by atoms with Crippen molar-refractivity contribution in [3.8, 4) is 0 Å². The number of hydrogen-bond donors (Lipinski definition) is 1. The zero-order valence-corrected chi connectivity index (χ0v) is 20.1. The van der Waals surface area contributed by atoms with Crippen molar-refractivity contribution in [2.24, 2.45) is 0 Å². The van der Waals surface area contributed by atoms with Crippen molar-refractivity contribution in [2.45, 2.75) is 63.2 Å². The molecule has 0 aromatic heterocycles. The lowest BCUT2D eigenvalue weighted by Gasteiger charge is -2.43. The van der Waals surface area contributed by atoms with Crippen LogP contribution >= 0.6 is 0 Å². The number of benzene rings is 2. The summed E-state index contributed by atoms with van der Waals surface area (Å²) >= 11 is 0. The fraction of sp³-hybridized carbons (Fsp3) is 0.480. The largest absolute Gasteiger partial charge is 0.494 e. The zero-order chi connectivity index (χ0) is 25.4. The van der Waals surface area contributed by atoms with Crippen LogP contribution in [-0.4, -0.2) is 48.1 Å². The smallest absolute Gasteiger partial charge is 0.399 e. The van der Waals surface area contributed by atoms with Gasteiger partial charge in [-0.05, 0) is 44.8 Å². The number of alkyl halides is 2. The molecule has 1 atom stereocenters. The Morgan fingerprint density at radius 2 is 1.49 bits per heavy atom. The molecule has 0 spiro atoms. The molecule has 5 rings (SSSR count). The van der Waals surface area contributed by atoms with Crippen LogP contribution in [0.15, 0.2) is 36.4 Å². The minimum atomic E-state index is -2.84. The molecule has 2 aromatic carbocycles. The van der Waals surface area contributed by atoms with Crippen LogP contribution in [0.25, 0.3) is 0 Å². The molecule has 35 heavy (non-hydrogen) atoms. The van der Waals surface area contributed by atoms with Crippen molar-refractivity contribution < 1.29 is 31.7 Å². The number of halogens is 4. The summed E-state index contributed by atoms with van der Waals surface area (Å²) in [5.74, 6) is -5.72. The molecular formula is C25H27BF4N2O3. The summed E-state index contributed by atoms with van der Waals surface area (Å²) < 4.78 is 68.8. The van der Waals surface area contributed by atoms with Crippen molar-refractivity contribution in [1.29, 1.82) is 0 Å². The van der Waals surface area contributed by atoms with Crippen molar-refractivity contribution in [3.63, 3.8) is 0 Å². The number of carbonyl (C=O) groups excluding carboxylic acids is 1. The van der Waals surface area contributed by atoms with Gasteiger partial charge < -0.3 is 14.6 Å². The summed E-state index contributed by atoms with van der Waals surface area (Å²) in [5.41, 5.74) is -1.53. The SMILES string of the molecule is CC1(C)OB(c2ccc(C3(N4CCC(F)(F)CC4)C(=O)Nc4c3ccc(F)c4F)cc2)OC1(C)C. The Balaban J connectivity index is 1.59. The molecule has 5 nitrogen and oxygen atoms in total. The molecule has 0 radical (unpaired) electrons. The highest BCUT2D eigenvalue weighted by Gasteiger charge is 2.56. The van der Waals surface area contributed by atoms with E-state index in [0.29, 0.717) is 5.56 Å². The molecule has 1 unspecified atom stereocenters. The van der Waals surface area contributed by atoms with E-state index in [0.717, 1.165) is 11.5 Å². The fourth-order valence-corrected chi connectivity index (χ4v) is 5.11. The topological polar surface area (TPSA) is 50.8 Å². The summed E-state index contributed by atoms with van der Waals surface area (Å²) in [4.78, 5) is 15.1. The Morgan fingerprint density at radius 3 is 2.06 bits per heavy atom. The fourth-order valence-electron chi connectivity index (χ4n) is 5.11. The quantitative estimate of drug-likeness (QED) is 0.518. The Labute approximate surface area is 201 Å². The third-order valence-corrected chi connectivity index (χ3v) is 7.87. The van der Waals surface area contributed by atoms with Crippen LogP contribution < -0.4 is 10.8 Å². The molecule has 2 aromatic rings. The molecule has 10 heteroatoms. The second kappa shape index (κ2) is 7.79. The lowest BCUT2D eigenvalue weighted by molar-refractivity contribution is -0.130. The van der Waals surface area contributed by atoms with Crippen LogP contribution in [0.2, 0.25) is 0 Å². The molecule has 2 saturated heterocycles. The minimum absolute atomic E-state index is 0.0855. The summed E-state index contributed by atoms with van der Waals surface area (Å²) in [6.45, 7) is 7.59. The second-order valence-electron chi connectivity index (χ2n) is 10.5. The zero-order valence-electron chi connectivity index (χ0n) is 20.1.